The van der Waals surface area contributed by atoms with Crippen LogP contribution in [-0.4, -0.2) is 19.9 Å². The van der Waals surface area contributed by atoms with E-state index in [9.17, 15) is 0 Å². The van der Waals surface area contributed by atoms with Crippen LogP contribution in [0.25, 0.3) is 11.0 Å². The number of nitrogens with one attached hydrogen (secondary N) is 1. The summed E-state index contributed by atoms with van der Waals surface area (Å²) in [5.41, 5.74) is 4.11. The van der Waals surface area contributed by atoms with Crippen LogP contribution in [0.15, 0.2) is 43.1 Å². The minimum absolute atomic E-state index is 0.771. The number of hydrogen-bond acceptors (Lipinski definition) is 3. The van der Waals surface area contributed by atoms with Crippen molar-refractivity contribution < 1.29 is 0 Å². The molecule has 0 bridgehead atoms. The molecule has 0 spiro atoms. The fourth-order valence-electron chi connectivity index (χ4n) is 1.76. The van der Waals surface area contributed by atoms with Gasteiger partial charge >= 0.3 is 0 Å². The second kappa shape index (κ2) is 3.73. The van der Waals surface area contributed by atoms with E-state index in [0.29, 0.717) is 0 Å². The molecule has 0 aromatic carbocycles. The van der Waals surface area contributed by atoms with E-state index >= 15 is 0 Å². The minimum Gasteiger partial charge on any atom is -0.358 e. The van der Waals surface area contributed by atoms with Gasteiger partial charge < -0.3 is 4.98 Å². The second-order valence-corrected chi connectivity index (χ2v) is 3.60. The number of aromatic nitrogens is 4. The summed E-state index contributed by atoms with van der Waals surface area (Å²) < 4.78 is 0. The molecule has 4 heteroatoms. The van der Waals surface area contributed by atoms with Crippen molar-refractivity contribution in [3.8, 4) is 0 Å². The quantitative estimate of drug-likeness (QED) is 0.703. The number of nitrogens with zero attached hydrogens (tertiary/aromatic N) is 3. The predicted molar refractivity (Wildman–Crippen MR) is 60.9 cm³/mol. The molecule has 78 valence electrons. The molecule has 3 aromatic rings. The van der Waals surface area contributed by atoms with Crippen LogP contribution in [-0.2, 0) is 6.42 Å². The zero-order chi connectivity index (χ0) is 10.8. The minimum atomic E-state index is 0.771. The first kappa shape index (κ1) is 9.03. The van der Waals surface area contributed by atoms with Crippen LogP contribution in [0.2, 0.25) is 0 Å². The summed E-state index contributed by atoms with van der Waals surface area (Å²) >= 11 is 0. The van der Waals surface area contributed by atoms with E-state index in [1.54, 1.807) is 12.5 Å². The smallest absolute Gasteiger partial charge is 0.116 e. The summed E-state index contributed by atoms with van der Waals surface area (Å²) in [6.45, 7) is 0. The van der Waals surface area contributed by atoms with Crippen molar-refractivity contribution in [3.05, 3.63) is 54.4 Å². The Morgan fingerprint density at radius 1 is 1.19 bits per heavy atom. The highest BCUT2D eigenvalue weighted by molar-refractivity contribution is 5.77. The van der Waals surface area contributed by atoms with Crippen LogP contribution in [0.5, 0.6) is 0 Å². The van der Waals surface area contributed by atoms with Gasteiger partial charge in [-0.05, 0) is 17.7 Å². The average Bonchev–Trinajstić information content (AvgIpc) is 2.80. The van der Waals surface area contributed by atoms with Gasteiger partial charge in [0, 0.05) is 25.0 Å². The van der Waals surface area contributed by atoms with Gasteiger partial charge in [0.25, 0.3) is 0 Å². The van der Waals surface area contributed by atoms with Crippen molar-refractivity contribution in [1.29, 1.82) is 0 Å². The Hall–Kier alpha value is -2.23. The molecule has 0 saturated heterocycles. The monoisotopic (exact) mass is 210 g/mol. The molecule has 3 heterocycles. The first-order valence-corrected chi connectivity index (χ1v) is 5.09. The lowest BCUT2D eigenvalue weighted by atomic mass is 10.1. The maximum absolute atomic E-state index is 4.30. The SMILES string of the molecule is c1cncc(Cc2ncnc3cc[nH]c23)c1. The molecule has 0 unspecified atom stereocenters. The molecule has 0 radical (unpaired) electrons. The average molecular weight is 210 g/mol. The topological polar surface area (TPSA) is 54.5 Å². The van der Waals surface area contributed by atoms with E-state index in [1.807, 2.05) is 30.6 Å². The molecule has 0 amide bonds. The Balaban J connectivity index is 2.04. The maximum Gasteiger partial charge on any atom is 0.116 e. The summed E-state index contributed by atoms with van der Waals surface area (Å²) in [5, 5.41) is 0. The van der Waals surface area contributed by atoms with Crippen molar-refractivity contribution in [1.82, 2.24) is 19.9 Å². The third kappa shape index (κ3) is 1.54. The zero-order valence-electron chi connectivity index (χ0n) is 8.59. The van der Waals surface area contributed by atoms with Crippen LogP contribution < -0.4 is 0 Å². The van der Waals surface area contributed by atoms with Gasteiger partial charge in [0.1, 0.15) is 6.33 Å². The van der Waals surface area contributed by atoms with E-state index in [-0.39, 0.29) is 0 Å². The summed E-state index contributed by atoms with van der Waals surface area (Å²) in [5.74, 6) is 0. The first-order valence-electron chi connectivity index (χ1n) is 5.09. The van der Waals surface area contributed by atoms with E-state index in [1.165, 1.54) is 0 Å². The molecular formula is C12H10N4. The highest BCUT2D eigenvalue weighted by atomic mass is 14.9. The molecular weight excluding hydrogens is 200 g/mol. The predicted octanol–water partition coefficient (Wildman–Crippen LogP) is 1.94. The fourth-order valence-corrected chi connectivity index (χ4v) is 1.76. The Morgan fingerprint density at radius 2 is 2.19 bits per heavy atom. The lowest BCUT2D eigenvalue weighted by Crippen LogP contribution is -1.95. The molecule has 0 atom stereocenters. The lowest BCUT2D eigenvalue weighted by Gasteiger charge is -2.01. The molecule has 0 aliphatic rings. The van der Waals surface area contributed by atoms with Gasteiger partial charge in [-0.15, -0.1) is 0 Å². The summed E-state index contributed by atoms with van der Waals surface area (Å²) in [4.78, 5) is 15.7. The first-order chi connectivity index (χ1) is 7.93. The van der Waals surface area contributed by atoms with Crippen LogP contribution >= 0.6 is 0 Å². The second-order valence-electron chi connectivity index (χ2n) is 3.60. The number of aromatic amines is 1. The molecule has 1 N–H and O–H groups in total. The molecule has 0 fully saturated rings. The third-order valence-corrected chi connectivity index (χ3v) is 2.52. The Labute approximate surface area is 92.4 Å². The van der Waals surface area contributed by atoms with Gasteiger partial charge in [-0.2, -0.15) is 0 Å². The third-order valence-electron chi connectivity index (χ3n) is 2.52. The number of fused-ring (bicyclic) bond motifs is 1. The van der Waals surface area contributed by atoms with E-state index in [4.69, 9.17) is 0 Å². The van der Waals surface area contributed by atoms with Crippen LogP contribution in [0, 0.1) is 0 Å². The van der Waals surface area contributed by atoms with Crippen molar-refractivity contribution in [2.75, 3.05) is 0 Å². The normalized spacial score (nSPS) is 10.8. The van der Waals surface area contributed by atoms with Gasteiger partial charge in [-0.1, -0.05) is 6.07 Å². The van der Waals surface area contributed by atoms with Crippen molar-refractivity contribution >= 4 is 11.0 Å². The highest BCUT2D eigenvalue weighted by Crippen LogP contribution is 2.15. The Kier molecular flexibility index (Phi) is 2.11. The van der Waals surface area contributed by atoms with Crippen molar-refractivity contribution in [2.45, 2.75) is 6.42 Å². The largest absolute Gasteiger partial charge is 0.358 e. The van der Waals surface area contributed by atoms with Gasteiger partial charge in [0.05, 0.1) is 16.7 Å². The molecule has 0 saturated carbocycles. The maximum atomic E-state index is 4.30. The van der Waals surface area contributed by atoms with Gasteiger partial charge in [0.2, 0.25) is 0 Å². The Bertz CT molecular complexity index is 600. The van der Waals surface area contributed by atoms with Crippen molar-refractivity contribution in [2.24, 2.45) is 0 Å². The molecule has 4 nitrogen and oxygen atoms in total. The summed E-state index contributed by atoms with van der Waals surface area (Å²) in [7, 11) is 0. The van der Waals surface area contributed by atoms with Crippen LogP contribution in [0.1, 0.15) is 11.3 Å². The Morgan fingerprint density at radius 3 is 3.06 bits per heavy atom. The summed E-state index contributed by atoms with van der Waals surface area (Å²) in [6.07, 6.45) is 7.88. The number of H-pyrrole nitrogens is 1. The molecule has 3 rings (SSSR count). The van der Waals surface area contributed by atoms with E-state index < -0.39 is 0 Å². The number of rotatable bonds is 2. The van der Waals surface area contributed by atoms with Gasteiger partial charge in [-0.3, -0.25) is 4.98 Å². The standard InChI is InChI=1S/C12H10N4/c1-2-9(7-13-4-1)6-11-12-10(3-5-14-12)15-8-16-11/h1-5,7-8,14H,6H2. The van der Waals surface area contributed by atoms with Crippen molar-refractivity contribution in [3.63, 3.8) is 0 Å². The zero-order valence-corrected chi connectivity index (χ0v) is 8.59. The van der Waals surface area contributed by atoms with E-state index in [2.05, 4.69) is 19.9 Å². The fraction of sp³-hybridized carbons (Fsp3) is 0.0833. The molecule has 0 aliphatic carbocycles. The molecule has 0 aliphatic heterocycles. The lowest BCUT2D eigenvalue weighted by molar-refractivity contribution is 1.04. The number of hydrogen-bond donors (Lipinski definition) is 1. The van der Waals surface area contributed by atoms with E-state index in [0.717, 1.165) is 28.7 Å². The summed E-state index contributed by atoms with van der Waals surface area (Å²) in [6, 6.07) is 5.93. The molecule has 3 aromatic heterocycles. The van der Waals surface area contributed by atoms with Crippen LogP contribution in [0.4, 0.5) is 0 Å². The molecule has 16 heavy (non-hydrogen) atoms. The van der Waals surface area contributed by atoms with Gasteiger partial charge in [0.15, 0.2) is 0 Å². The van der Waals surface area contributed by atoms with Crippen LogP contribution in [0.3, 0.4) is 0 Å². The number of pyridine rings is 1. The highest BCUT2D eigenvalue weighted by Gasteiger charge is 2.05. The van der Waals surface area contributed by atoms with Gasteiger partial charge in [-0.25, -0.2) is 9.97 Å².